The van der Waals surface area contributed by atoms with Gasteiger partial charge in [0.2, 0.25) is 5.91 Å². The van der Waals surface area contributed by atoms with Gasteiger partial charge in [-0.2, -0.15) is 0 Å². The van der Waals surface area contributed by atoms with E-state index in [9.17, 15) is 23.2 Å². The normalized spacial score (nSPS) is 20.5. The number of hydrogen-bond acceptors (Lipinski definition) is 6. The zero-order valence-corrected chi connectivity index (χ0v) is 22.4. The number of fused-ring (bicyclic) bond motifs is 1. The second kappa shape index (κ2) is 12.0. The van der Waals surface area contributed by atoms with Gasteiger partial charge in [-0.25, -0.2) is 13.6 Å². The summed E-state index contributed by atoms with van der Waals surface area (Å²) >= 11 is 0. The lowest BCUT2D eigenvalue weighted by Gasteiger charge is -2.31. The van der Waals surface area contributed by atoms with Gasteiger partial charge >= 0.3 is 12.1 Å². The van der Waals surface area contributed by atoms with E-state index in [4.69, 9.17) is 14.2 Å². The number of likely N-dealkylation sites (tertiary alicyclic amines) is 2. The number of carbonyl (C=O) groups is 3. The Labute approximate surface area is 226 Å². The van der Waals surface area contributed by atoms with Crippen LogP contribution in [0.15, 0.2) is 48.5 Å². The van der Waals surface area contributed by atoms with Gasteiger partial charge in [-0.05, 0) is 44.9 Å². The molecule has 0 N–H and O–H groups in total. The van der Waals surface area contributed by atoms with Gasteiger partial charge in [0.05, 0.1) is 25.1 Å². The van der Waals surface area contributed by atoms with Crippen LogP contribution in [0.2, 0.25) is 0 Å². The number of esters is 1. The zero-order chi connectivity index (χ0) is 28.2. The molecule has 210 valence electrons. The Morgan fingerprint density at radius 2 is 1.72 bits per heavy atom. The number of nitrogens with zero attached hydrogens (tertiary/aromatic N) is 2. The average Bonchev–Trinajstić information content (AvgIpc) is 3.47. The van der Waals surface area contributed by atoms with Gasteiger partial charge in [0.15, 0.2) is 11.6 Å². The molecule has 2 aromatic rings. The second-order valence-electron chi connectivity index (χ2n) is 10.9. The minimum atomic E-state index is -1.02. The molecule has 0 aromatic heterocycles. The van der Waals surface area contributed by atoms with E-state index in [1.165, 1.54) is 6.07 Å². The van der Waals surface area contributed by atoms with Crippen molar-refractivity contribution in [2.24, 2.45) is 5.92 Å². The van der Waals surface area contributed by atoms with Crippen LogP contribution in [0.4, 0.5) is 13.6 Å². The van der Waals surface area contributed by atoms with Crippen LogP contribution in [0.3, 0.4) is 0 Å². The predicted octanol–water partition coefficient (Wildman–Crippen LogP) is 4.70. The first-order chi connectivity index (χ1) is 18.5. The monoisotopic (exact) mass is 544 g/mol. The van der Waals surface area contributed by atoms with E-state index in [-0.39, 0.29) is 62.3 Å². The van der Waals surface area contributed by atoms with Gasteiger partial charge in [-0.15, -0.1) is 0 Å². The number of halogens is 2. The predicted molar refractivity (Wildman–Crippen MR) is 138 cm³/mol. The highest BCUT2D eigenvalue weighted by Crippen LogP contribution is 2.37. The minimum absolute atomic E-state index is 0.0277. The molecular weight excluding hydrogens is 510 g/mol. The maximum absolute atomic E-state index is 13.7. The molecule has 2 fully saturated rings. The SMILES string of the molecule is CC(C)(C)OC(=O)N1CC[C@@H]2[C@H]1[C@@H](COc1ccc(F)c(F)c1)CN2C(=O)CCC(=O)OCc1ccccc1. The van der Waals surface area contributed by atoms with Gasteiger partial charge in [0, 0.05) is 31.5 Å². The summed E-state index contributed by atoms with van der Waals surface area (Å²) in [4.78, 5) is 41.8. The molecule has 2 saturated heterocycles. The van der Waals surface area contributed by atoms with Crippen molar-refractivity contribution in [3.8, 4) is 5.75 Å². The summed E-state index contributed by atoms with van der Waals surface area (Å²) in [5.74, 6) is -2.84. The second-order valence-corrected chi connectivity index (χ2v) is 10.9. The van der Waals surface area contributed by atoms with Crippen molar-refractivity contribution in [1.29, 1.82) is 0 Å². The lowest BCUT2D eigenvalue weighted by Crippen LogP contribution is -2.46. The Hall–Kier alpha value is -3.69. The van der Waals surface area contributed by atoms with E-state index in [2.05, 4.69) is 0 Å². The molecule has 0 unspecified atom stereocenters. The van der Waals surface area contributed by atoms with Crippen LogP contribution >= 0.6 is 0 Å². The van der Waals surface area contributed by atoms with E-state index in [1.54, 1.807) is 30.6 Å². The molecule has 2 aliphatic rings. The Morgan fingerprint density at radius 3 is 2.41 bits per heavy atom. The molecule has 3 atom stereocenters. The number of ether oxygens (including phenoxy) is 3. The molecule has 2 aromatic carbocycles. The third kappa shape index (κ3) is 7.25. The molecule has 39 heavy (non-hydrogen) atoms. The molecule has 0 radical (unpaired) electrons. The maximum atomic E-state index is 13.7. The van der Waals surface area contributed by atoms with Crippen molar-refractivity contribution in [1.82, 2.24) is 9.80 Å². The van der Waals surface area contributed by atoms with E-state index >= 15 is 0 Å². The lowest BCUT2D eigenvalue weighted by atomic mass is 10.0. The summed E-state index contributed by atoms with van der Waals surface area (Å²) in [5, 5.41) is 0. The molecule has 8 nitrogen and oxygen atoms in total. The molecule has 0 aliphatic carbocycles. The van der Waals surface area contributed by atoms with Gasteiger partial charge in [-0.1, -0.05) is 30.3 Å². The number of benzene rings is 2. The van der Waals surface area contributed by atoms with Crippen LogP contribution in [0.25, 0.3) is 0 Å². The summed E-state index contributed by atoms with van der Waals surface area (Å²) in [7, 11) is 0. The Morgan fingerprint density at radius 1 is 0.974 bits per heavy atom. The van der Waals surface area contributed by atoms with Crippen molar-refractivity contribution in [2.75, 3.05) is 19.7 Å². The van der Waals surface area contributed by atoms with Crippen LogP contribution in [0.5, 0.6) is 5.75 Å². The molecule has 0 spiro atoms. The topological polar surface area (TPSA) is 85.4 Å². The van der Waals surface area contributed by atoms with E-state index in [0.717, 1.165) is 17.7 Å². The van der Waals surface area contributed by atoms with Crippen molar-refractivity contribution >= 4 is 18.0 Å². The fourth-order valence-electron chi connectivity index (χ4n) is 5.11. The minimum Gasteiger partial charge on any atom is -0.493 e. The highest BCUT2D eigenvalue weighted by Gasteiger charge is 2.52. The zero-order valence-electron chi connectivity index (χ0n) is 22.4. The Balaban J connectivity index is 1.41. The standard InChI is InChI=1S/C29H34F2N2O6/c1-29(2,3)39-28(36)32-14-13-24-27(32)20(18-37-21-9-10-22(30)23(31)15-21)16-33(24)25(34)11-12-26(35)38-17-19-7-5-4-6-8-19/h4-10,15,20,24,27H,11-14,16-18H2,1-3H3/t20-,24-,27-/m1/s1. The summed E-state index contributed by atoms with van der Waals surface area (Å²) in [6.45, 7) is 6.24. The summed E-state index contributed by atoms with van der Waals surface area (Å²) in [6, 6.07) is 11.9. The summed E-state index contributed by atoms with van der Waals surface area (Å²) in [5.41, 5.74) is 0.165. The highest BCUT2D eigenvalue weighted by molar-refractivity contribution is 5.82. The molecule has 2 heterocycles. The molecule has 4 rings (SSSR count). The van der Waals surface area contributed by atoms with Crippen LogP contribution in [0.1, 0.15) is 45.6 Å². The van der Waals surface area contributed by atoms with Gasteiger partial charge in [0.25, 0.3) is 0 Å². The van der Waals surface area contributed by atoms with Crippen LogP contribution in [-0.4, -0.2) is 65.2 Å². The van der Waals surface area contributed by atoms with E-state index in [1.807, 2.05) is 30.3 Å². The smallest absolute Gasteiger partial charge is 0.410 e. The van der Waals surface area contributed by atoms with Crippen LogP contribution in [-0.2, 0) is 25.7 Å². The first-order valence-corrected chi connectivity index (χ1v) is 13.1. The lowest BCUT2D eigenvalue weighted by molar-refractivity contribution is -0.147. The molecule has 2 amide bonds. The van der Waals surface area contributed by atoms with Gasteiger partial charge in [0.1, 0.15) is 18.0 Å². The van der Waals surface area contributed by atoms with Gasteiger partial charge in [-0.3, -0.25) is 9.59 Å². The molecule has 10 heteroatoms. The van der Waals surface area contributed by atoms with Crippen molar-refractivity contribution < 1.29 is 37.4 Å². The number of rotatable bonds is 8. The Bertz CT molecular complexity index is 1190. The van der Waals surface area contributed by atoms with Crippen molar-refractivity contribution in [2.45, 2.75) is 64.3 Å². The third-order valence-electron chi connectivity index (χ3n) is 6.82. The Kier molecular flexibility index (Phi) is 8.72. The fourth-order valence-corrected chi connectivity index (χ4v) is 5.11. The molecule has 0 saturated carbocycles. The highest BCUT2D eigenvalue weighted by atomic mass is 19.2. The first-order valence-electron chi connectivity index (χ1n) is 13.1. The van der Waals surface area contributed by atoms with Crippen LogP contribution in [0, 0.1) is 17.6 Å². The first kappa shape index (κ1) is 28.3. The van der Waals surface area contributed by atoms with E-state index in [0.29, 0.717) is 13.0 Å². The number of carbonyl (C=O) groups excluding carboxylic acids is 3. The fraction of sp³-hybridized carbons (Fsp3) is 0.483. The summed E-state index contributed by atoms with van der Waals surface area (Å²) in [6.07, 6.45) is -0.0205. The largest absolute Gasteiger partial charge is 0.493 e. The van der Waals surface area contributed by atoms with Crippen molar-refractivity contribution in [3.63, 3.8) is 0 Å². The number of amides is 2. The van der Waals surface area contributed by atoms with Gasteiger partial charge < -0.3 is 24.0 Å². The molecule has 2 aliphatic heterocycles. The quantitative estimate of drug-likeness (QED) is 0.448. The molecule has 0 bridgehead atoms. The summed E-state index contributed by atoms with van der Waals surface area (Å²) < 4.78 is 43.7. The number of hydrogen-bond donors (Lipinski definition) is 0. The van der Waals surface area contributed by atoms with Crippen LogP contribution < -0.4 is 4.74 Å². The van der Waals surface area contributed by atoms with E-state index < -0.39 is 29.3 Å². The maximum Gasteiger partial charge on any atom is 0.410 e. The van der Waals surface area contributed by atoms with Crippen molar-refractivity contribution in [3.05, 3.63) is 65.7 Å². The molecular formula is C29H34F2N2O6. The average molecular weight is 545 g/mol. The third-order valence-corrected chi connectivity index (χ3v) is 6.82.